The van der Waals surface area contributed by atoms with Crippen molar-refractivity contribution in [3.8, 4) is 0 Å². The number of rotatable bonds is 6. The van der Waals surface area contributed by atoms with Gasteiger partial charge in [0.25, 0.3) is 0 Å². The molecule has 0 radical (unpaired) electrons. The molecule has 4 aromatic rings. The molecule has 0 amide bonds. The van der Waals surface area contributed by atoms with E-state index in [1.54, 1.807) is 0 Å². The minimum absolute atomic E-state index is 0.211. The van der Waals surface area contributed by atoms with Crippen LogP contribution in [0.15, 0.2) is 115 Å². The first kappa shape index (κ1) is 19.0. The lowest BCUT2D eigenvalue weighted by Gasteiger charge is -2.34. The van der Waals surface area contributed by atoms with Gasteiger partial charge in [-0.1, -0.05) is 104 Å². The van der Waals surface area contributed by atoms with E-state index in [4.69, 9.17) is 0 Å². The zero-order chi connectivity index (χ0) is 20.1. The Kier molecular flexibility index (Phi) is 5.76. The summed E-state index contributed by atoms with van der Waals surface area (Å²) in [5.74, 6) is 0.307. The number of anilines is 2. The molecule has 0 saturated heterocycles. The largest absolute Gasteiger partial charge is 0.334 e. The fourth-order valence-electron chi connectivity index (χ4n) is 4.03. The van der Waals surface area contributed by atoms with Crippen LogP contribution in [0.5, 0.6) is 0 Å². The molecule has 0 bridgehead atoms. The monoisotopic (exact) mass is 377 g/mol. The van der Waals surface area contributed by atoms with Crippen molar-refractivity contribution in [3.63, 3.8) is 0 Å². The Morgan fingerprint density at radius 2 is 1.00 bits per heavy atom. The number of hydrogen-bond acceptors (Lipinski definition) is 1. The summed E-state index contributed by atoms with van der Waals surface area (Å²) < 4.78 is 0. The van der Waals surface area contributed by atoms with E-state index in [1.165, 1.54) is 28.1 Å². The van der Waals surface area contributed by atoms with Crippen molar-refractivity contribution in [1.82, 2.24) is 0 Å². The number of hydrogen-bond donors (Lipinski definition) is 0. The average molecular weight is 378 g/mol. The van der Waals surface area contributed by atoms with Gasteiger partial charge in [-0.3, -0.25) is 0 Å². The summed E-state index contributed by atoms with van der Waals surface area (Å²) in [7, 11) is 0. The molecule has 1 nitrogen and oxygen atoms in total. The SMILES string of the molecule is CC(c1ccccc1)c1ccccc1N(c1ccccc1)C(C)c1ccccc1. The first-order valence-corrected chi connectivity index (χ1v) is 10.3. The zero-order valence-corrected chi connectivity index (χ0v) is 17.1. The Bertz CT molecular complexity index is 1030. The molecule has 0 aromatic heterocycles. The Morgan fingerprint density at radius 1 is 0.517 bits per heavy atom. The highest BCUT2D eigenvalue weighted by Crippen LogP contribution is 2.40. The van der Waals surface area contributed by atoms with Crippen LogP contribution in [0.2, 0.25) is 0 Å². The van der Waals surface area contributed by atoms with Gasteiger partial charge >= 0.3 is 0 Å². The van der Waals surface area contributed by atoms with Gasteiger partial charge in [0, 0.05) is 17.3 Å². The van der Waals surface area contributed by atoms with Crippen molar-refractivity contribution in [2.24, 2.45) is 0 Å². The molecule has 0 aliphatic carbocycles. The van der Waals surface area contributed by atoms with Crippen molar-refractivity contribution >= 4 is 11.4 Å². The van der Waals surface area contributed by atoms with Gasteiger partial charge in [-0.05, 0) is 41.8 Å². The summed E-state index contributed by atoms with van der Waals surface area (Å²) in [6, 6.07) is 41.2. The Labute approximate surface area is 174 Å². The van der Waals surface area contributed by atoms with E-state index in [1.807, 2.05) is 0 Å². The lowest BCUT2D eigenvalue weighted by molar-refractivity contribution is 0.763. The summed E-state index contributed by atoms with van der Waals surface area (Å²) in [5.41, 5.74) is 6.44. The molecule has 29 heavy (non-hydrogen) atoms. The molecule has 0 heterocycles. The third kappa shape index (κ3) is 4.09. The third-order valence-electron chi connectivity index (χ3n) is 5.67. The van der Waals surface area contributed by atoms with Crippen molar-refractivity contribution in [2.45, 2.75) is 25.8 Å². The Morgan fingerprint density at radius 3 is 1.62 bits per heavy atom. The van der Waals surface area contributed by atoms with Crippen LogP contribution in [0.25, 0.3) is 0 Å². The topological polar surface area (TPSA) is 3.24 Å². The zero-order valence-electron chi connectivity index (χ0n) is 17.1. The molecule has 0 N–H and O–H groups in total. The maximum absolute atomic E-state index is 2.46. The van der Waals surface area contributed by atoms with E-state index in [0.717, 1.165) is 0 Å². The fourth-order valence-corrected chi connectivity index (χ4v) is 4.03. The van der Waals surface area contributed by atoms with E-state index in [9.17, 15) is 0 Å². The first-order valence-electron chi connectivity index (χ1n) is 10.3. The first-order chi connectivity index (χ1) is 14.3. The van der Waals surface area contributed by atoms with Crippen molar-refractivity contribution in [2.75, 3.05) is 4.90 Å². The smallest absolute Gasteiger partial charge is 0.0563 e. The van der Waals surface area contributed by atoms with Gasteiger partial charge in [0.05, 0.1) is 6.04 Å². The average Bonchev–Trinajstić information content (AvgIpc) is 2.81. The van der Waals surface area contributed by atoms with Gasteiger partial charge in [-0.2, -0.15) is 0 Å². The maximum atomic E-state index is 2.46. The molecular weight excluding hydrogens is 350 g/mol. The normalized spacial score (nSPS) is 12.9. The lowest BCUT2D eigenvalue weighted by Crippen LogP contribution is -2.23. The van der Waals surface area contributed by atoms with Crippen molar-refractivity contribution in [3.05, 3.63) is 132 Å². The summed E-state index contributed by atoms with van der Waals surface area (Å²) >= 11 is 0. The van der Waals surface area contributed by atoms with Gasteiger partial charge in [-0.25, -0.2) is 0 Å². The number of para-hydroxylation sites is 2. The molecule has 2 atom stereocenters. The highest BCUT2D eigenvalue weighted by atomic mass is 15.2. The summed E-state index contributed by atoms with van der Waals surface area (Å²) in [6.45, 7) is 4.58. The van der Waals surface area contributed by atoms with E-state index in [2.05, 4.69) is 134 Å². The molecule has 4 aromatic carbocycles. The van der Waals surface area contributed by atoms with Crippen LogP contribution in [0.4, 0.5) is 11.4 Å². The number of nitrogens with zero attached hydrogens (tertiary/aromatic N) is 1. The second kappa shape index (κ2) is 8.79. The molecular formula is C28H27N. The molecule has 2 unspecified atom stereocenters. The van der Waals surface area contributed by atoms with Crippen LogP contribution in [-0.2, 0) is 0 Å². The highest BCUT2D eigenvalue weighted by Gasteiger charge is 2.23. The lowest BCUT2D eigenvalue weighted by atomic mass is 9.90. The summed E-state index contributed by atoms with van der Waals surface area (Å²) in [4.78, 5) is 2.46. The minimum atomic E-state index is 0.211. The maximum Gasteiger partial charge on any atom is 0.0563 e. The molecule has 0 saturated carbocycles. The number of benzene rings is 4. The van der Waals surface area contributed by atoms with Crippen molar-refractivity contribution < 1.29 is 0 Å². The fraction of sp³-hybridized carbons (Fsp3) is 0.143. The molecule has 0 spiro atoms. The van der Waals surface area contributed by atoms with Gasteiger partial charge in [-0.15, -0.1) is 0 Å². The Hall–Kier alpha value is -3.32. The second-order valence-electron chi connectivity index (χ2n) is 7.48. The molecule has 0 aliphatic rings. The van der Waals surface area contributed by atoms with E-state index in [0.29, 0.717) is 5.92 Å². The minimum Gasteiger partial charge on any atom is -0.334 e. The van der Waals surface area contributed by atoms with Crippen LogP contribution in [-0.4, -0.2) is 0 Å². The van der Waals surface area contributed by atoms with Gasteiger partial charge < -0.3 is 4.90 Å². The molecule has 0 aliphatic heterocycles. The van der Waals surface area contributed by atoms with Gasteiger partial charge in [0.15, 0.2) is 0 Å². The third-order valence-corrected chi connectivity index (χ3v) is 5.67. The molecule has 144 valence electrons. The van der Waals surface area contributed by atoms with Crippen LogP contribution < -0.4 is 4.90 Å². The van der Waals surface area contributed by atoms with Crippen molar-refractivity contribution in [1.29, 1.82) is 0 Å². The summed E-state index contributed by atoms with van der Waals surface area (Å²) in [6.07, 6.45) is 0. The van der Waals surface area contributed by atoms with Crippen LogP contribution >= 0.6 is 0 Å². The van der Waals surface area contributed by atoms with Crippen LogP contribution in [0.1, 0.15) is 42.5 Å². The standard InChI is InChI=1S/C28H27N/c1-22(24-14-6-3-7-15-24)27-20-12-13-21-28(27)29(26-18-10-5-11-19-26)23(2)25-16-8-4-9-17-25/h3-23H,1-2H3. The van der Waals surface area contributed by atoms with Gasteiger partial charge in [0.2, 0.25) is 0 Å². The Balaban J connectivity index is 1.84. The predicted molar refractivity (Wildman–Crippen MR) is 124 cm³/mol. The molecule has 4 rings (SSSR count). The molecule has 0 fully saturated rings. The van der Waals surface area contributed by atoms with Crippen LogP contribution in [0, 0.1) is 0 Å². The van der Waals surface area contributed by atoms with E-state index in [-0.39, 0.29) is 6.04 Å². The quantitative estimate of drug-likeness (QED) is 0.332. The van der Waals surface area contributed by atoms with E-state index < -0.39 is 0 Å². The van der Waals surface area contributed by atoms with E-state index >= 15 is 0 Å². The van der Waals surface area contributed by atoms with Gasteiger partial charge in [0.1, 0.15) is 0 Å². The predicted octanol–water partition coefficient (Wildman–Crippen LogP) is 7.74. The highest BCUT2D eigenvalue weighted by molar-refractivity contribution is 5.69. The summed E-state index contributed by atoms with van der Waals surface area (Å²) in [5, 5.41) is 0. The molecule has 1 heteroatoms. The van der Waals surface area contributed by atoms with Crippen LogP contribution in [0.3, 0.4) is 0 Å². The second-order valence-corrected chi connectivity index (χ2v) is 7.48.